The number of nitrogens with one attached hydrogen (secondary N) is 1. The molecule has 0 aliphatic rings. The molecular formula is C18H22FNO. The Morgan fingerprint density at radius 3 is 2.62 bits per heavy atom. The van der Waals surface area contributed by atoms with E-state index in [4.69, 9.17) is 4.74 Å². The van der Waals surface area contributed by atoms with Gasteiger partial charge in [0.2, 0.25) is 0 Å². The predicted octanol–water partition coefficient (Wildman–Crippen LogP) is 4.99. The molecule has 2 aromatic rings. The first-order valence-electron chi connectivity index (χ1n) is 7.42. The summed E-state index contributed by atoms with van der Waals surface area (Å²) < 4.78 is 19.7. The summed E-state index contributed by atoms with van der Waals surface area (Å²) in [6.07, 6.45) is 0.996. The largest absolute Gasteiger partial charge is 0.454 e. The van der Waals surface area contributed by atoms with Gasteiger partial charge in [0.05, 0.1) is 0 Å². The van der Waals surface area contributed by atoms with Gasteiger partial charge in [0.1, 0.15) is 5.75 Å². The van der Waals surface area contributed by atoms with E-state index in [2.05, 4.69) is 25.2 Å². The van der Waals surface area contributed by atoms with Gasteiger partial charge < -0.3 is 10.1 Å². The molecule has 0 bridgehead atoms. The highest BCUT2D eigenvalue weighted by atomic mass is 19.1. The molecule has 0 saturated carbocycles. The van der Waals surface area contributed by atoms with E-state index in [-0.39, 0.29) is 11.6 Å². The molecule has 0 aromatic heterocycles. The van der Waals surface area contributed by atoms with Gasteiger partial charge in [0.15, 0.2) is 11.6 Å². The van der Waals surface area contributed by atoms with Gasteiger partial charge in [0, 0.05) is 6.04 Å². The van der Waals surface area contributed by atoms with Gasteiger partial charge in [0.25, 0.3) is 0 Å². The van der Waals surface area contributed by atoms with E-state index in [1.165, 1.54) is 0 Å². The molecule has 1 unspecified atom stereocenters. The minimum Gasteiger partial charge on any atom is -0.454 e. The second-order valence-corrected chi connectivity index (χ2v) is 5.08. The highest BCUT2D eigenvalue weighted by Crippen LogP contribution is 2.28. The standard InChI is InChI=1S/C18H22FNO/c1-4-16(20-5-2)14-9-7-10-15(12-14)21-17-11-6-8-13(3)18(17)19/h6-12,16,20H,4-5H2,1-3H3. The van der Waals surface area contributed by atoms with Gasteiger partial charge in [-0.2, -0.15) is 0 Å². The summed E-state index contributed by atoms with van der Waals surface area (Å²) in [5, 5.41) is 3.43. The molecule has 1 N–H and O–H groups in total. The number of aryl methyl sites for hydroxylation is 1. The lowest BCUT2D eigenvalue weighted by atomic mass is 10.0. The second-order valence-electron chi connectivity index (χ2n) is 5.08. The van der Waals surface area contributed by atoms with Crippen LogP contribution in [0.2, 0.25) is 0 Å². The van der Waals surface area contributed by atoms with Crippen molar-refractivity contribution in [2.75, 3.05) is 6.54 Å². The Balaban J connectivity index is 2.23. The van der Waals surface area contributed by atoms with Crippen LogP contribution < -0.4 is 10.1 Å². The number of hydrogen-bond acceptors (Lipinski definition) is 2. The Labute approximate surface area is 126 Å². The number of benzene rings is 2. The van der Waals surface area contributed by atoms with Gasteiger partial charge in [-0.3, -0.25) is 0 Å². The van der Waals surface area contributed by atoms with Crippen LogP contribution >= 0.6 is 0 Å². The van der Waals surface area contributed by atoms with Crippen LogP contribution in [0, 0.1) is 12.7 Å². The van der Waals surface area contributed by atoms with Crippen molar-refractivity contribution in [1.29, 1.82) is 0 Å². The van der Waals surface area contributed by atoms with E-state index in [9.17, 15) is 4.39 Å². The van der Waals surface area contributed by atoms with E-state index >= 15 is 0 Å². The van der Waals surface area contributed by atoms with Crippen molar-refractivity contribution in [3.05, 3.63) is 59.4 Å². The van der Waals surface area contributed by atoms with E-state index in [1.54, 1.807) is 25.1 Å². The topological polar surface area (TPSA) is 21.3 Å². The van der Waals surface area contributed by atoms with E-state index in [0.717, 1.165) is 18.5 Å². The highest BCUT2D eigenvalue weighted by Gasteiger charge is 2.10. The molecule has 2 nitrogen and oxygen atoms in total. The molecule has 112 valence electrons. The molecule has 0 fully saturated rings. The first-order valence-corrected chi connectivity index (χ1v) is 7.42. The van der Waals surface area contributed by atoms with Gasteiger partial charge in [-0.15, -0.1) is 0 Å². The van der Waals surface area contributed by atoms with Crippen LogP contribution in [0.25, 0.3) is 0 Å². The number of ether oxygens (including phenoxy) is 1. The zero-order valence-electron chi connectivity index (χ0n) is 12.8. The molecule has 1 atom stereocenters. The highest BCUT2D eigenvalue weighted by molar-refractivity contribution is 5.37. The zero-order valence-corrected chi connectivity index (χ0v) is 12.8. The summed E-state index contributed by atoms with van der Waals surface area (Å²) in [6.45, 7) is 6.87. The zero-order chi connectivity index (χ0) is 15.2. The normalized spacial score (nSPS) is 12.2. The molecule has 0 aliphatic heterocycles. The first kappa shape index (κ1) is 15.5. The summed E-state index contributed by atoms with van der Waals surface area (Å²) in [4.78, 5) is 0. The van der Waals surface area contributed by atoms with Crippen LogP contribution in [0.5, 0.6) is 11.5 Å². The maximum atomic E-state index is 14.0. The summed E-state index contributed by atoms with van der Waals surface area (Å²) in [6, 6.07) is 13.3. The molecule has 0 amide bonds. The van der Waals surface area contributed by atoms with Crippen LogP contribution in [-0.2, 0) is 0 Å². The maximum absolute atomic E-state index is 14.0. The third-order valence-electron chi connectivity index (χ3n) is 3.50. The minimum atomic E-state index is -0.304. The average Bonchev–Trinajstić information content (AvgIpc) is 2.50. The van der Waals surface area contributed by atoms with E-state index in [0.29, 0.717) is 17.4 Å². The molecule has 3 heteroatoms. The monoisotopic (exact) mass is 287 g/mol. The Hall–Kier alpha value is -1.87. The Kier molecular flexibility index (Phi) is 5.34. The van der Waals surface area contributed by atoms with Crippen molar-refractivity contribution in [2.45, 2.75) is 33.2 Å². The predicted molar refractivity (Wildman–Crippen MR) is 84.4 cm³/mol. The fraction of sp³-hybridized carbons (Fsp3) is 0.333. The first-order chi connectivity index (χ1) is 10.2. The van der Waals surface area contributed by atoms with Gasteiger partial charge in [-0.05, 0) is 49.2 Å². The molecule has 0 radical (unpaired) electrons. The molecule has 0 saturated heterocycles. The maximum Gasteiger partial charge on any atom is 0.168 e. The summed E-state index contributed by atoms with van der Waals surface area (Å²) in [5.41, 5.74) is 1.74. The summed E-state index contributed by atoms with van der Waals surface area (Å²) >= 11 is 0. The summed E-state index contributed by atoms with van der Waals surface area (Å²) in [7, 11) is 0. The molecule has 0 aliphatic carbocycles. The molecular weight excluding hydrogens is 265 g/mol. The fourth-order valence-electron chi connectivity index (χ4n) is 2.37. The number of hydrogen-bond donors (Lipinski definition) is 1. The SMILES string of the molecule is CCNC(CC)c1cccc(Oc2cccc(C)c2F)c1. The molecule has 21 heavy (non-hydrogen) atoms. The van der Waals surface area contributed by atoms with Crippen LogP contribution in [0.15, 0.2) is 42.5 Å². The molecule has 2 aromatic carbocycles. The Bertz CT molecular complexity index is 598. The minimum absolute atomic E-state index is 0.267. The molecule has 2 rings (SSSR count). The van der Waals surface area contributed by atoms with Crippen LogP contribution in [0.4, 0.5) is 4.39 Å². The van der Waals surface area contributed by atoms with Crippen LogP contribution in [0.3, 0.4) is 0 Å². The van der Waals surface area contributed by atoms with Gasteiger partial charge in [-0.1, -0.05) is 38.1 Å². The van der Waals surface area contributed by atoms with Crippen molar-refractivity contribution in [3.8, 4) is 11.5 Å². The van der Waals surface area contributed by atoms with Crippen LogP contribution in [0.1, 0.15) is 37.4 Å². The van der Waals surface area contributed by atoms with Crippen molar-refractivity contribution in [3.63, 3.8) is 0 Å². The van der Waals surface area contributed by atoms with Crippen molar-refractivity contribution in [1.82, 2.24) is 5.32 Å². The number of halogens is 1. The van der Waals surface area contributed by atoms with Gasteiger partial charge in [-0.25, -0.2) is 4.39 Å². The van der Waals surface area contributed by atoms with Gasteiger partial charge >= 0.3 is 0 Å². The van der Waals surface area contributed by atoms with Crippen LogP contribution in [-0.4, -0.2) is 6.54 Å². The number of rotatable bonds is 6. The lowest BCUT2D eigenvalue weighted by molar-refractivity contribution is 0.438. The van der Waals surface area contributed by atoms with E-state index in [1.807, 2.05) is 18.2 Å². The third kappa shape index (κ3) is 3.82. The quantitative estimate of drug-likeness (QED) is 0.808. The van der Waals surface area contributed by atoms with Crippen molar-refractivity contribution in [2.24, 2.45) is 0 Å². The lowest BCUT2D eigenvalue weighted by Crippen LogP contribution is -2.19. The molecule has 0 spiro atoms. The average molecular weight is 287 g/mol. The van der Waals surface area contributed by atoms with E-state index < -0.39 is 0 Å². The van der Waals surface area contributed by atoms with Crippen molar-refractivity contribution >= 4 is 0 Å². The fourth-order valence-corrected chi connectivity index (χ4v) is 2.37. The third-order valence-corrected chi connectivity index (χ3v) is 3.50. The smallest absolute Gasteiger partial charge is 0.168 e. The Morgan fingerprint density at radius 2 is 1.90 bits per heavy atom. The lowest BCUT2D eigenvalue weighted by Gasteiger charge is -2.17. The molecule has 0 heterocycles. The second kappa shape index (κ2) is 7.23. The Morgan fingerprint density at radius 1 is 1.14 bits per heavy atom. The summed E-state index contributed by atoms with van der Waals surface area (Å²) in [5.74, 6) is 0.624. The van der Waals surface area contributed by atoms with Crippen molar-refractivity contribution < 1.29 is 9.13 Å².